The number of amides is 1. The van der Waals surface area contributed by atoms with Crippen LogP contribution in [0.3, 0.4) is 0 Å². The standard InChI is InChI=1S/C14H22N2O2/c1-10-5-6-13(18-4)12(7-10)16(3)14(17)8-11(2)9-15/h5-7,11H,8-9,15H2,1-4H3. The van der Waals surface area contributed by atoms with Crippen LogP contribution in [0.25, 0.3) is 0 Å². The number of carbonyl (C=O) groups excluding carboxylic acids is 1. The first kappa shape index (κ1) is 14.5. The molecule has 1 amide bonds. The molecule has 2 N–H and O–H groups in total. The first-order valence-corrected chi connectivity index (χ1v) is 6.10. The highest BCUT2D eigenvalue weighted by Crippen LogP contribution is 2.29. The minimum absolute atomic E-state index is 0.0526. The molecule has 1 atom stereocenters. The molecule has 4 heteroatoms. The molecule has 0 aliphatic rings. The fraction of sp³-hybridized carbons (Fsp3) is 0.500. The average Bonchev–Trinajstić information content (AvgIpc) is 2.37. The van der Waals surface area contributed by atoms with Gasteiger partial charge in [-0.2, -0.15) is 0 Å². The summed E-state index contributed by atoms with van der Waals surface area (Å²) in [5.74, 6) is 0.949. The van der Waals surface area contributed by atoms with Crippen LogP contribution in [-0.2, 0) is 4.79 Å². The van der Waals surface area contributed by atoms with Crippen LogP contribution in [0, 0.1) is 12.8 Å². The molecule has 0 saturated heterocycles. The maximum atomic E-state index is 12.1. The molecule has 0 saturated carbocycles. The van der Waals surface area contributed by atoms with E-state index in [1.54, 1.807) is 19.1 Å². The summed E-state index contributed by atoms with van der Waals surface area (Å²) in [5, 5.41) is 0. The number of rotatable bonds is 5. The zero-order valence-electron chi connectivity index (χ0n) is 11.6. The molecule has 0 spiro atoms. The molecule has 0 heterocycles. The molecule has 18 heavy (non-hydrogen) atoms. The van der Waals surface area contributed by atoms with E-state index < -0.39 is 0 Å². The average molecular weight is 250 g/mol. The second kappa shape index (κ2) is 6.40. The van der Waals surface area contributed by atoms with Crippen LogP contribution < -0.4 is 15.4 Å². The maximum absolute atomic E-state index is 12.1. The van der Waals surface area contributed by atoms with E-state index in [0.717, 1.165) is 11.3 Å². The summed E-state index contributed by atoms with van der Waals surface area (Å²) in [7, 11) is 3.37. The van der Waals surface area contributed by atoms with E-state index in [4.69, 9.17) is 10.5 Å². The highest BCUT2D eigenvalue weighted by atomic mass is 16.5. The lowest BCUT2D eigenvalue weighted by molar-refractivity contribution is -0.119. The van der Waals surface area contributed by atoms with Crippen molar-refractivity contribution in [1.29, 1.82) is 0 Å². The van der Waals surface area contributed by atoms with Gasteiger partial charge in [-0.15, -0.1) is 0 Å². The molecule has 0 aromatic heterocycles. The maximum Gasteiger partial charge on any atom is 0.227 e. The van der Waals surface area contributed by atoms with Crippen molar-refractivity contribution in [2.24, 2.45) is 11.7 Å². The normalized spacial score (nSPS) is 12.1. The van der Waals surface area contributed by atoms with Crippen molar-refractivity contribution in [2.75, 3.05) is 25.6 Å². The highest BCUT2D eigenvalue weighted by molar-refractivity contribution is 5.94. The molecule has 1 unspecified atom stereocenters. The minimum Gasteiger partial charge on any atom is -0.495 e. The molecule has 0 fully saturated rings. The number of nitrogens with two attached hydrogens (primary N) is 1. The Balaban J connectivity index is 2.92. The van der Waals surface area contributed by atoms with Crippen molar-refractivity contribution in [1.82, 2.24) is 0 Å². The molecule has 1 rings (SSSR count). The summed E-state index contributed by atoms with van der Waals surface area (Å²) in [6, 6.07) is 5.79. The number of aryl methyl sites for hydroxylation is 1. The first-order chi connectivity index (χ1) is 8.49. The largest absolute Gasteiger partial charge is 0.495 e. The summed E-state index contributed by atoms with van der Waals surface area (Å²) >= 11 is 0. The number of ether oxygens (including phenoxy) is 1. The van der Waals surface area contributed by atoms with Crippen molar-refractivity contribution in [3.63, 3.8) is 0 Å². The van der Waals surface area contributed by atoms with Gasteiger partial charge in [-0.05, 0) is 37.1 Å². The van der Waals surface area contributed by atoms with E-state index in [1.165, 1.54) is 0 Å². The molecule has 0 radical (unpaired) electrons. The Hall–Kier alpha value is -1.55. The van der Waals surface area contributed by atoms with Crippen LogP contribution in [0.1, 0.15) is 18.9 Å². The van der Waals surface area contributed by atoms with E-state index in [1.807, 2.05) is 32.0 Å². The van der Waals surface area contributed by atoms with Crippen LogP contribution in [-0.4, -0.2) is 26.6 Å². The van der Waals surface area contributed by atoms with E-state index in [9.17, 15) is 4.79 Å². The molecular formula is C14H22N2O2. The van der Waals surface area contributed by atoms with Crippen LogP contribution in [0.15, 0.2) is 18.2 Å². The molecule has 100 valence electrons. The summed E-state index contributed by atoms with van der Waals surface area (Å²) < 4.78 is 5.28. The van der Waals surface area contributed by atoms with Gasteiger partial charge in [0.25, 0.3) is 0 Å². The van der Waals surface area contributed by atoms with Gasteiger partial charge in [0, 0.05) is 13.5 Å². The van der Waals surface area contributed by atoms with Crippen molar-refractivity contribution >= 4 is 11.6 Å². The summed E-state index contributed by atoms with van der Waals surface area (Å²) in [4.78, 5) is 13.7. The van der Waals surface area contributed by atoms with Crippen LogP contribution in [0.5, 0.6) is 5.75 Å². The summed E-state index contributed by atoms with van der Waals surface area (Å²) in [6.07, 6.45) is 0.449. The van der Waals surface area contributed by atoms with Crippen molar-refractivity contribution in [3.05, 3.63) is 23.8 Å². The van der Waals surface area contributed by atoms with Gasteiger partial charge >= 0.3 is 0 Å². The van der Waals surface area contributed by atoms with Crippen molar-refractivity contribution in [2.45, 2.75) is 20.3 Å². The Labute approximate surface area is 109 Å². The van der Waals surface area contributed by atoms with Crippen molar-refractivity contribution in [3.8, 4) is 5.75 Å². The van der Waals surface area contributed by atoms with Gasteiger partial charge in [-0.1, -0.05) is 13.0 Å². The molecule has 4 nitrogen and oxygen atoms in total. The second-order valence-corrected chi connectivity index (χ2v) is 4.67. The number of nitrogens with zero attached hydrogens (tertiary/aromatic N) is 1. The first-order valence-electron chi connectivity index (χ1n) is 6.10. The number of hydrogen-bond donors (Lipinski definition) is 1. The number of anilines is 1. The molecular weight excluding hydrogens is 228 g/mol. The van der Waals surface area contributed by atoms with Gasteiger partial charge in [0.2, 0.25) is 5.91 Å². The predicted octanol–water partition coefficient (Wildman–Crippen LogP) is 1.95. The Bertz CT molecular complexity index is 418. The number of carbonyl (C=O) groups is 1. The summed E-state index contributed by atoms with van der Waals surface area (Å²) in [5.41, 5.74) is 7.44. The lowest BCUT2D eigenvalue weighted by Gasteiger charge is -2.21. The Morgan fingerprint density at radius 1 is 1.50 bits per heavy atom. The van der Waals surface area contributed by atoms with E-state index in [-0.39, 0.29) is 11.8 Å². The molecule has 1 aromatic carbocycles. The van der Waals surface area contributed by atoms with Gasteiger partial charge < -0.3 is 15.4 Å². The smallest absolute Gasteiger partial charge is 0.227 e. The number of hydrogen-bond acceptors (Lipinski definition) is 3. The highest BCUT2D eigenvalue weighted by Gasteiger charge is 2.17. The molecule has 0 bridgehead atoms. The zero-order valence-corrected chi connectivity index (χ0v) is 11.6. The molecule has 1 aromatic rings. The van der Waals surface area contributed by atoms with Gasteiger partial charge in [-0.25, -0.2) is 0 Å². The summed E-state index contributed by atoms with van der Waals surface area (Å²) in [6.45, 7) is 4.48. The monoisotopic (exact) mass is 250 g/mol. The predicted molar refractivity (Wildman–Crippen MR) is 74.0 cm³/mol. The van der Waals surface area contributed by atoms with E-state index in [0.29, 0.717) is 18.7 Å². The lowest BCUT2D eigenvalue weighted by atomic mass is 10.1. The third kappa shape index (κ3) is 3.47. The third-order valence-electron chi connectivity index (χ3n) is 3.00. The quantitative estimate of drug-likeness (QED) is 0.869. The second-order valence-electron chi connectivity index (χ2n) is 4.67. The fourth-order valence-corrected chi connectivity index (χ4v) is 1.71. The minimum atomic E-state index is 0.0526. The van der Waals surface area contributed by atoms with Gasteiger partial charge in [0.15, 0.2) is 0 Å². The number of benzene rings is 1. The van der Waals surface area contributed by atoms with Crippen LogP contribution in [0.4, 0.5) is 5.69 Å². The Kier molecular flexibility index (Phi) is 5.16. The van der Waals surface area contributed by atoms with Crippen molar-refractivity contribution < 1.29 is 9.53 Å². The van der Waals surface area contributed by atoms with Crippen LogP contribution in [0.2, 0.25) is 0 Å². The Morgan fingerprint density at radius 2 is 2.17 bits per heavy atom. The molecule has 0 aliphatic carbocycles. The van der Waals surface area contributed by atoms with Crippen LogP contribution >= 0.6 is 0 Å². The molecule has 0 aliphatic heterocycles. The Morgan fingerprint density at radius 3 is 2.72 bits per heavy atom. The number of methoxy groups -OCH3 is 1. The van der Waals surface area contributed by atoms with E-state index in [2.05, 4.69) is 0 Å². The topological polar surface area (TPSA) is 55.6 Å². The third-order valence-corrected chi connectivity index (χ3v) is 3.00. The fourth-order valence-electron chi connectivity index (χ4n) is 1.71. The zero-order chi connectivity index (χ0) is 13.7. The lowest BCUT2D eigenvalue weighted by Crippen LogP contribution is -2.29. The van der Waals surface area contributed by atoms with Gasteiger partial charge in [-0.3, -0.25) is 4.79 Å². The van der Waals surface area contributed by atoms with E-state index >= 15 is 0 Å². The van der Waals surface area contributed by atoms with Gasteiger partial charge in [0.1, 0.15) is 5.75 Å². The SMILES string of the molecule is COc1ccc(C)cc1N(C)C(=O)CC(C)CN. The van der Waals surface area contributed by atoms with Gasteiger partial charge in [0.05, 0.1) is 12.8 Å².